The van der Waals surface area contributed by atoms with E-state index in [1.54, 1.807) is 0 Å². The van der Waals surface area contributed by atoms with Gasteiger partial charge in [0, 0.05) is 30.2 Å². The summed E-state index contributed by atoms with van der Waals surface area (Å²) >= 11 is 1.98. The van der Waals surface area contributed by atoms with Gasteiger partial charge in [-0.25, -0.2) is 4.99 Å². The number of hydrogen-bond acceptors (Lipinski definition) is 3. The number of halogens is 1. The zero-order valence-corrected chi connectivity index (χ0v) is 15.9. The van der Waals surface area contributed by atoms with Crippen LogP contribution in [0.3, 0.4) is 0 Å². The van der Waals surface area contributed by atoms with Gasteiger partial charge in [0.25, 0.3) is 0 Å². The molecule has 0 atom stereocenters. The highest BCUT2D eigenvalue weighted by molar-refractivity contribution is 14.0. The zero-order chi connectivity index (χ0) is 14.5. The molecule has 22 heavy (non-hydrogen) atoms. The monoisotopic (exact) mass is 433 g/mol. The minimum atomic E-state index is 0. The maximum atomic E-state index is 6.11. The normalized spacial score (nSPS) is 19.3. The minimum absolute atomic E-state index is 0. The Morgan fingerprint density at radius 3 is 2.68 bits per heavy atom. The molecule has 0 amide bonds. The Labute approximate surface area is 153 Å². The van der Waals surface area contributed by atoms with E-state index in [0.717, 1.165) is 35.9 Å². The molecule has 3 rings (SSSR count). The maximum Gasteiger partial charge on any atom is 0.191 e. The molecule has 1 saturated heterocycles. The Morgan fingerprint density at radius 2 is 2.00 bits per heavy atom. The Bertz CT molecular complexity index is 502. The van der Waals surface area contributed by atoms with Crippen LogP contribution in [0.1, 0.15) is 24.8 Å². The third kappa shape index (κ3) is 4.68. The molecular weight excluding hydrogens is 409 g/mol. The van der Waals surface area contributed by atoms with Crippen LogP contribution < -0.4 is 10.5 Å². The van der Waals surface area contributed by atoms with E-state index in [9.17, 15) is 0 Å². The molecule has 2 N–H and O–H groups in total. The quantitative estimate of drug-likeness (QED) is 0.451. The lowest BCUT2D eigenvalue weighted by Gasteiger charge is -2.28. The van der Waals surface area contributed by atoms with Crippen molar-refractivity contribution in [1.29, 1.82) is 0 Å². The first-order valence-corrected chi connectivity index (χ1v) is 8.85. The third-order valence-electron chi connectivity index (χ3n) is 4.06. The summed E-state index contributed by atoms with van der Waals surface area (Å²) in [5, 5.41) is 0. The van der Waals surface area contributed by atoms with Gasteiger partial charge in [0.2, 0.25) is 0 Å². The molecule has 0 aromatic heterocycles. The predicted molar refractivity (Wildman–Crippen MR) is 104 cm³/mol. The summed E-state index contributed by atoms with van der Waals surface area (Å²) in [5.41, 5.74) is 7.23. The van der Waals surface area contributed by atoms with E-state index >= 15 is 0 Å². The van der Waals surface area contributed by atoms with Crippen molar-refractivity contribution >= 4 is 41.7 Å². The summed E-state index contributed by atoms with van der Waals surface area (Å²) in [6.07, 6.45) is 4.02. The van der Waals surface area contributed by atoms with Gasteiger partial charge in [-0.1, -0.05) is 18.2 Å². The van der Waals surface area contributed by atoms with Gasteiger partial charge < -0.3 is 15.4 Å². The second kappa shape index (κ2) is 8.86. The van der Waals surface area contributed by atoms with Crippen molar-refractivity contribution in [3.63, 3.8) is 0 Å². The van der Waals surface area contributed by atoms with Crippen LogP contribution in [0.15, 0.2) is 29.3 Å². The van der Waals surface area contributed by atoms with Gasteiger partial charge in [-0.15, -0.1) is 24.0 Å². The highest BCUT2D eigenvalue weighted by atomic mass is 127. The van der Waals surface area contributed by atoms with E-state index in [1.165, 1.54) is 19.3 Å². The highest BCUT2D eigenvalue weighted by Crippen LogP contribution is 2.27. The molecule has 4 nitrogen and oxygen atoms in total. The van der Waals surface area contributed by atoms with Crippen molar-refractivity contribution in [2.24, 2.45) is 10.7 Å². The summed E-state index contributed by atoms with van der Waals surface area (Å²) in [7, 11) is 0. The largest absolute Gasteiger partial charge is 0.490 e. The van der Waals surface area contributed by atoms with Gasteiger partial charge in [0.15, 0.2) is 5.96 Å². The number of thioether (sulfide) groups is 1. The zero-order valence-electron chi connectivity index (χ0n) is 12.7. The first kappa shape index (κ1) is 17.7. The number of para-hydroxylation sites is 1. The molecule has 6 heteroatoms. The topological polar surface area (TPSA) is 50.9 Å². The van der Waals surface area contributed by atoms with Crippen molar-refractivity contribution in [2.75, 3.05) is 24.6 Å². The molecule has 1 aliphatic heterocycles. The average molecular weight is 433 g/mol. The van der Waals surface area contributed by atoms with Crippen LogP contribution in [0.2, 0.25) is 0 Å². The van der Waals surface area contributed by atoms with E-state index < -0.39 is 0 Å². The highest BCUT2D eigenvalue weighted by Gasteiger charge is 2.20. The van der Waals surface area contributed by atoms with Crippen LogP contribution >= 0.6 is 35.7 Å². The van der Waals surface area contributed by atoms with Crippen molar-refractivity contribution in [1.82, 2.24) is 4.90 Å². The van der Waals surface area contributed by atoms with Crippen molar-refractivity contribution in [3.05, 3.63) is 29.8 Å². The summed E-state index contributed by atoms with van der Waals surface area (Å²) < 4.78 is 6.03. The lowest BCUT2D eigenvalue weighted by Crippen LogP contribution is -2.42. The fourth-order valence-electron chi connectivity index (χ4n) is 2.48. The maximum absolute atomic E-state index is 6.11. The number of aliphatic imine (C=N–C) groups is 1. The van der Waals surface area contributed by atoms with E-state index in [2.05, 4.69) is 16.0 Å². The predicted octanol–water partition coefficient (Wildman–Crippen LogP) is 3.10. The van der Waals surface area contributed by atoms with Gasteiger partial charge in [-0.3, -0.25) is 0 Å². The lowest BCUT2D eigenvalue weighted by atomic mass is 9.96. The number of nitrogens with zero attached hydrogens (tertiary/aromatic N) is 2. The van der Waals surface area contributed by atoms with Crippen LogP contribution in [-0.2, 0) is 6.54 Å². The molecule has 1 aromatic rings. The molecule has 0 spiro atoms. The van der Waals surface area contributed by atoms with E-state index in [-0.39, 0.29) is 24.0 Å². The molecule has 0 bridgehead atoms. The number of rotatable bonds is 4. The summed E-state index contributed by atoms with van der Waals surface area (Å²) in [4.78, 5) is 6.73. The second-order valence-electron chi connectivity index (χ2n) is 5.55. The minimum Gasteiger partial charge on any atom is -0.490 e. The Kier molecular flexibility index (Phi) is 7.14. The molecule has 1 heterocycles. The SMILES string of the molecule is I.NC(=NCc1ccccc1OC1CCC1)N1CCSCC1. The smallest absolute Gasteiger partial charge is 0.191 e. The number of ether oxygens (including phenoxy) is 1. The molecule has 0 unspecified atom stereocenters. The lowest BCUT2D eigenvalue weighted by molar-refractivity contribution is 0.119. The standard InChI is InChI=1S/C16H23N3OS.HI/c17-16(19-8-10-21-11-9-19)18-12-13-4-1-2-7-15(13)20-14-5-3-6-14;/h1-2,4,7,14H,3,5-6,8-12H2,(H2,17,18);1H. The van der Waals surface area contributed by atoms with Crippen LogP contribution in [-0.4, -0.2) is 41.6 Å². The van der Waals surface area contributed by atoms with Crippen LogP contribution in [0, 0.1) is 0 Å². The van der Waals surface area contributed by atoms with Crippen LogP contribution in [0.4, 0.5) is 0 Å². The fraction of sp³-hybridized carbons (Fsp3) is 0.562. The average Bonchev–Trinajstić information content (AvgIpc) is 2.50. The number of guanidine groups is 1. The Morgan fingerprint density at radius 1 is 1.27 bits per heavy atom. The molecular formula is C16H24IN3OS. The summed E-state index contributed by atoms with van der Waals surface area (Å²) in [6, 6.07) is 8.17. The van der Waals surface area contributed by atoms with E-state index in [0.29, 0.717) is 18.6 Å². The van der Waals surface area contributed by atoms with E-state index in [4.69, 9.17) is 10.5 Å². The number of benzene rings is 1. The van der Waals surface area contributed by atoms with Crippen molar-refractivity contribution in [3.8, 4) is 5.75 Å². The first-order valence-electron chi connectivity index (χ1n) is 7.70. The van der Waals surface area contributed by atoms with Crippen molar-refractivity contribution in [2.45, 2.75) is 31.9 Å². The van der Waals surface area contributed by atoms with Gasteiger partial charge in [-0.05, 0) is 25.3 Å². The number of nitrogens with two attached hydrogens (primary N) is 1. The molecule has 1 aromatic carbocycles. The molecule has 2 aliphatic rings. The molecule has 122 valence electrons. The van der Waals surface area contributed by atoms with E-state index in [1.807, 2.05) is 30.0 Å². The Balaban J connectivity index is 0.00000176. The molecule has 1 aliphatic carbocycles. The van der Waals surface area contributed by atoms with Crippen molar-refractivity contribution < 1.29 is 4.74 Å². The first-order chi connectivity index (χ1) is 10.3. The van der Waals surface area contributed by atoms with Crippen LogP contribution in [0.25, 0.3) is 0 Å². The molecule has 2 fully saturated rings. The molecule has 1 saturated carbocycles. The van der Waals surface area contributed by atoms with Gasteiger partial charge in [0.1, 0.15) is 5.75 Å². The summed E-state index contributed by atoms with van der Waals surface area (Å²) in [5.74, 6) is 3.90. The number of hydrogen-bond donors (Lipinski definition) is 1. The van der Waals surface area contributed by atoms with Crippen LogP contribution in [0.5, 0.6) is 5.75 Å². The summed E-state index contributed by atoms with van der Waals surface area (Å²) in [6.45, 7) is 2.60. The van der Waals surface area contributed by atoms with Gasteiger partial charge in [-0.2, -0.15) is 11.8 Å². The second-order valence-corrected chi connectivity index (χ2v) is 6.78. The van der Waals surface area contributed by atoms with Gasteiger partial charge in [0.05, 0.1) is 12.6 Å². The third-order valence-corrected chi connectivity index (χ3v) is 5.01. The van der Waals surface area contributed by atoms with Gasteiger partial charge >= 0.3 is 0 Å². The molecule has 0 radical (unpaired) electrons. The Hall–Kier alpha value is -0.630. The fourth-order valence-corrected chi connectivity index (χ4v) is 3.38.